The van der Waals surface area contributed by atoms with Gasteiger partial charge < -0.3 is 0 Å². The Bertz CT molecular complexity index is 907. The first kappa shape index (κ1) is 17.5. The highest BCUT2D eigenvalue weighted by atomic mass is 32.2. The molecule has 0 aromatic heterocycles. The van der Waals surface area contributed by atoms with E-state index in [-0.39, 0.29) is 28.9 Å². The van der Waals surface area contributed by atoms with Crippen molar-refractivity contribution in [2.45, 2.75) is 10.9 Å². The van der Waals surface area contributed by atoms with Crippen molar-refractivity contribution in [3.05, 3.63) is 65.5 Å². The molecule has 0 N–H and O–H groups in total. The van der Waals surface area contributed by atoms with Crippen LogP contribution in [0.2, 0.25) is 0 Å². The molecule has 1 aliphatic rings. The van der Waals surface area contributed by atoms with Gasteiger partial charge in [0.2, 0.25) is 10.0 Å². The Morgan fingerprint density at radius 3 is 2.48 bits per heavy atom. The van der Waals surface area contributed by atoms with Crippen molar-refractivity contribution in [2.24, 2.45) is 0 Å². The fourth-order valence-electron chi connectivity index (χ4n) is 3.03. The van der Waals surface area contributed by atoms with E-state index in [1.807, 2.05) is 13.1 Å². The standard InChI is InChI=1S/C18H18FN3O2S/c1-21-10-11-22(13-17(21)14-6-8-16(19)9-7-14)25(23,24)18-5-3-2-4-15(18)12-20/h2-9,17H,10-11,13H2,1H3. The van der Waals surface area contributed by atoms with E-state index in [9.17, 15) is 18.1 Å². The van der Waals surface area contributed by atoms with Gasteiger partial charge in [0.15, 0.2) is 0 Å². The second-order valence-electron chi connectivity index (χ2n) is 6.02. The summed E-state index contributed by atoms with van der Waals surface area (Å²) in [5, 5.41) is 9.20. The Kier molecular flexibility index (Phi) is 4.86. The molecular formula is C18H18FN3O2S. The number of halogens is 1. The van der Waals surface area contributed by atoms with Crippen LogP contribution in [0.3, 0.4) is 0 Å². The molecule has 1 atom stereocenters. The number of benzene rings is 2. The summed E-state index contributed by atoms with van der Waals surface area (Å²) in [6, 6.07) is 14.1. The minimum absolute atomic E-state index is 0.0277. The number of rotatable bonds is 3. The fourth-order valence-corrected chi connectivity index (χ4v) is 4.61. The molecule has 1 unspecified atom stereocenters. The second-order valence-corrected chi connectivity index (χ2v) is 7.93. The maximum Gasteiger partial charge on any atom is 0.244 e. The largest absolute Gasteiger partial charge is 0.297 e. The molecule has 0 radical (unpaired) electrons. The number of hydrogen-bond acceptors (Lipinski definition) is 4. The van der Waals surface area contributed by atoms with Crippen LogP contribution in [0.15, 0.2) is 53.4 Å². The van der Waals surface area contributed by atoms with Crippen molar-refractivity contribution >= 4 is 10.0 Å². The molecule has 0 bridgehead atoms. The van der Waals surface area contributed by atoms with Crippen LogP contribution < -0.4 is 0 Å². The summed E-state index contributed by atoms with van der Waals surface area (Å²) in [5.74, 6) is -0.324. The number of nitriles is 1. The van der Waals surface area contributed by atoms with Gasteiger partial charge in [-0.05, 0) is 36.9 Å². The molecule has 0 aliphatic carbocycles. The van der Waals surface area contributed by atoms with Crippen LogP contribution in [-0.2, 0) is 10.0 Å². The Morgan fingerprint density at radius 2 is 1.80 bits per heavy atom. The van der Waals surface area contributed by atoms with E-state index in [1.54, 1.807) is 24.3 Å². The molecule has 0 amide bonds. The van der Waals surface area contributed by atoms with Crippen molar-refractivity contribution in [2.75, 3.05) is 26.7 Å². The molecule has 2 aromatic rings. The van der Waals surface area contributed by atoms with E-state index in [1.165, 1.54) is 28.6 Å². The lowest BCUT2D eigenvalue weighted by molar-refractivity contribution is 0.148. The summed E-state index contributed by atoms with van der Waals surface area (Å²) in [5.41, 5.74) is 0.997. The third kappa shape index (κ3) is 3.42. The van der Waals surface area contributed by atoms with Crippen molar-refractivity contribution in [1.82, 2.24) is 9.21 Å². The maximum absolute atomic E-state index is 13.2. The van der Waals surface area contributed by atoms with Crippen LogP contribution in [-0.4, -0.2) is 44.3 Å². The third-order valence-electron chi connectivity index (χ3n) is 4.49. The number of hydrogen-bond donors (Lipinski definition) is 0. The van der Waals surface area contributed by atoms with Crippen LogP contribution in [0, 0.1) is 17.1 Å². The van der Waals surface area contributed by atoms with Crippen molar-refractivity contribution in [3.8, 4) is 6.07 Å². The highest BCUT2D eigenvalue weighted by molar-refractivity contribution is 7.89. The normalized spacial score (nSPS) is 19.5. The van der Waals surface area contributed by atoms with Crippen LogP contribution in [0.4, 0.5) is 4.39 Å². The average molecular weight is 359 g/mol. The fraction of sp³-hybridized carbons (Fsp3) is 0.278. The first-order chi connectivity index (χ1) is 11.9. The zero-order valence-corrected chi connectivity index (χ0v) is 14.6. The van der Waals surface area contributed by atoms with Gasteiger partial charge >= 0.3 is 0 Å². The molecule has 25 heavy (non-hydrogen) atoms. The quantitative estimate of drug-likeness (QED) is 0.844. The first-order valence-electron chi connectivity index (χ1n) is 7.88. The van der Waals surface area contributed by atoms with Crippen molar-refractivity contribution < 1.29 is 12.8 Å². The van der Waals surface area contributed by atoms with Crippen molar-refractivity contribution in [1.29, 1.82) is 5.26 Å². The van der Waals surface area contributed by atoms with E-state index in [0.717, 1.165) is 5.56 Å². The molecule has 1 aliphatic heterocycles. The van der Waals surface area contributed by atoms with Gasteiger partial charge in [0.1, 0.15) is 11.9 Å². The monoisotopic (exact) mass is 359 g/mol. The topological polar surface area (TPSA) is 64.4 Å². The summed E-state index contributed by atoms with van der Waals surface area (Å²) in [7, 11) is -1.85. The lowest BCUT2D eigenvalue weighted by atomic mass is 10.0. The van der Waals surface area contributed by atoms with Crippen LogP contribution >= 0.6 is 0 Å². The Morgan fingerprint density at radius 1 is 1.12 bits per heavy atom. The zero-order chi connectivity index (χ0) is 18.0. The molecule has 130 valence electrons. The number of piperazine rings is 1. The lowest BCUT2D eigenvalue weighted by Gasteiger charge is -2.39. The molecule has 0 spiro atoms. The summed E-state index contributed by atoms with van der Waals surface area (Å²) < 4.78 is 40.6. The second kappa shape index (κ2) is 6.92. The molecule has 1 heterocycles. The van der Waals surface area contributed by atoms with Gasteiger partial charge in [-0.15, -0.1) is 0 Å². The van der Waals surface area contributed by atoms with Crippen LogP contribution in [0.25, 0.3) is 0 Å². The van der Waals surface area contributed by atoms with E-state index in [0.29, 0.717) is 13.1 Å². The summed E-state index contributed by atoms with van der Waals surface area (Å²) >= 11 is 0. The van der Waals surface area contributed by atoms with Gasteiger partial charge in [0.25, 0.3) is 0 Å². The van der Waals surface area contributed by atoms with E-state index in [4.69, 9.17) is 0 Å². The highest BCUT2D eigenvalue weighted by Gasteiger charge is 2.34. The average Bonchev–Trinajstić information content (AvgIpc) is 2.62. The Labute approximate surface area is 147 Å². The van der Waals surface area contributed by atoms with Crippen LogP contribution in [0.1, 0.15) is 17.2 Å². The summed E-state index contributed by atoms with van der Waals surface area (Å²) in [6.45, 7) is 1.15. The number of likely N-dealkylation sites (N-methyl/N-ethyl adjacent to an activating group) is 1. The molecule has 5 nitrogen and oxygen atoms in total. The van der Waals surface area contributed by atoms with Crippen LogP contribution in [0.5, 0.6) is 0 Å². The minimum atomic E-state index is -3.77. The first-order valence-corrected chi connectivity index (χ1v) is 9.32. The highest BCUT2D eigenvalue weighted by Crippen LogP contribution is 2.28. The third-order valence-corrected chi connectivity index (χ3v) is 6.41. The van der Waals surface area contributed by atoms with E-state index < -0.39 is 10.0 Å². The molecule has 7 heteroatoms. The summed E-state index contributed by atoms with van der Waals surface area (Å²) in [4.78, 5) is 2.08. The molecule has 1 fully saturated rings. The van der Waals surface area contributed by atoms with Gasteiger partial charge in [-0.1, -0.05) is 24.3 Å². The lowest BCUT2D eigenvalue weighted by Crippen LogP contribution is -2.49. The Balaban J connectivity index is 1.93. The predicted molar refractivity (Wildman–Crippen MR) is 91.7 cm³/mol. The number of nitrogens with zero attached hydrogens (tertiary/aromatic N) is 3. The van der Waals surface area contributed by atoms with Gasteiger partial charge in [0, 0.05) is 25.7 Å². The van der Waals surface area contributed by atoms with Gasteiger partial charge in [-0.25, -0.2) is 12.8 Å². The van der Waals surface area contributed by atoms with Gasteiger partial charge in [0.05, 0.1) is 10.5 Å². The maximum atomic E-state index is 13.2. The van der Waals surface area contributed by atoms with Gasteiger partial charge in [-0.3, -0.25) is 4.90 Å². The smallest absolute Gasteiger partial charge is 0.244 e. The molecule has 0 saturated carbocycles. The summed E-state index contributed by atoms with van der Waals surface area (Å²) in [6.07, 6.45) is 0. The molecule has 2 aromatic carbocycles. The molecule has 1 saturated heterocycles. The number of sulfonamides is 1. The SMILES string of the molecule is CN1CCN(S(=O)(=O)c2ccccc2C#N)CC1c1ccc(F)cc1. The van der Waals surface area contributed by atoms with E-state index >= 15 is 0 Å². The minimum Gasteiger partial charge on any atom is -0.297 e. The molecule has 3 rings (SSSR count). The van der Waals surface area contributed by atoms with Crippen molar-refractivity contribution in [3.63, 3.8) is 0 Å². The zero-order valence-electron chi connectivity index (χ0n) is 13.8. The molecular weight excluding hydrogens is 341 g/mol. The van der Waals surface area contributed by atoms with E-state index in [2.05, 4.69) is 4.90 Å². The Hall–Kier alpha value is -2.27. The van der Waals surface area contributed by atoms with Gasteiger partial charge in [-0.2, -0.15) is 9.57 Å². The predicted octanol–water partition coefficient (Wildman–Crippen LogP) is 2.37.